The first-order valence-electron chi connectivity index (χ1n) is 45.9. The predicted molar refractivity (Wildman–Crippen MR) is 529 cm³/mol. The van der Waals surface area contributed by atoms with E-state index in [1.54, 1.807) is 138 Å². The molecule has 0 fully saturated rings. The van der Waals surface area contributed by atoms with Crippen LogP contribution in [-0.4, -0.2) is 204 Å². The molecule has 37 nitrogen and oxygen atoms in total. The van der Waals surface area contributed by atoms with Crippen LogP contribution < -0.4 is 41.2 Å². The van der Waals surface area contributed by atoms with Gasteiger partial charge in [0, 0.05) is 130 Å². The third-order valence-electron chi connectivity index (χ3n) is 24.6. The van der Waals surface area contributed by atoms with Gasteiger partial charge < -0.3 is 71.9 Å². The Labute approximate surface area is 831 Å². The van der Waals surface area contributed by atoms with Crippen molar-refractivity contribution in [3.63, 3.8) is 0 Å². The second kappa shape index (κ2) is 51.4. The number of aryl methyl sites for hydroxylation is 3. The molecule has 8 aromatic carbocycles. The second-order valence-electron chi connectivity index (χ2n) is 34.7. The van der Waals surface area contributed by atoms with Crippen molar-refractivity contribution in [3.05, 3.63) is 364 Å². The van der Waals surface area contributed by atoms with Crippen LogP contribution in [0.15, 0.2) is 214 Å². The fourth-order valence-corrected chi connectivity index (χ4v) is 17.5. The molecule has 0 spiro atoms. The van der Waals surface area contributed by atoms with E-state index in [0.717, 1.165) is 66.8 Å². The van der Waals surface area contributed by atoms with Gasteiger partial charge in [-0.3, -0.25) is 62.9 Å². The minimum Gasteiger partial charge on any atom is -0.497 e. The van der Waals surface area contributed by atoms with Crippen LogP contribution in [0, 0.1) is 34.6 Å². The molecule has 2 aliphatic rings. The number of aliphatic carboxylic acids is 2. The van der Waals surface area contributed by atoms with Crippen molar-refractivity contribution in [2.75, 3.05) is 47.5 Å². The molecule has 37 heteroatoms. The number of aromatic nitrogens is 7. The Hall–Kier alpha value is -16.8. The van der Waals surface area contributed by atoms with E-state index in [4.69, 9.17) is 19.9 Å². The molecule has 12 aromatic rings. The van der Waals surface area contributed by atoms with Gasteiger partial charge in [0.25, 0.3) is 23.6 Å². The van der Waals surface area contributed by atoms with Crippen LogP contribution in [0.1, 0.15) is 234 Å². The number of primary amides is 1. The number of nitrogens with two attached hydrogens (primary N) is 1. The molecule has 12 N–H and O–H groups in total. The van der Waals surface area contributed by atoms with Crippen LogP contribution in [0.25, 0.3) is 0 Å². The number of carboxylic acid groups (broad SMARTS) is 6. The number of amides is 5. The Bertz CT molecular complexity index is 6740. The Balaban J connectivity index is 0.000000183. The molecule has 0 saturated heterocycles. The maximum atomic E-state index is 13.1. The van der Waals surface area contributed by atoms with Gasteiger partial charge in [0.1, 0.15) is 59.1 Å². The number of carbonyl (C=O) groups excluding carboxylic acids is 6. The van der Waals surface area contributed by atoms with E-state index in [1.807, 2.05) is 121 Å². The Morgan fingerprint density at radius 2 is 0.806 bits per heavy atom. The first kappa shape index (κ1) is 108. The molecule has 2 unspecified atom stereocenters. The van der Waals surface area contributed by atoms with Crippen molar-refractivity contribution in [2.45, 2.75) is 151 Å². The SMILES string of the molecule is COc1cccc(CNC(=O)c2ccncc2CN(CC(=O)O)[C@@H](C)c2ccc(C(=O)O)c(C)c2)c1.COc1cccc(CNC(=O)c2ncncc2CN(CC(C)=O)Cc2ccc(C(=O)O)c(C)c2)c1.COc1cccc(CNC(=O)c2ncncc2CN(CC(N)=O)C2CCc3c2ccc(C(=O)O)c3C)c1.Cc1cccc(CNC(=O)c2ncncc2CN(CC(=O)O)C2CCc3c2ccc(C(=O)O)c3C)c1. The summed E-state index contributed by atoms with van der Waals surface area (Å²) in [6.45, 7) is 14.3. The fraction of sp³-hybridized carbons (Fsp3) is 0.280. The third-order valence-corrected chi connectivity index (χ3v) is 24.6. The first-order valence-corrected chi connectivity index (χ1v) is 45.9. The number of carbonyl (C=O) groups is 12. The number of benzene rings is 8. The lowest BCUT2D eigenvalue weighted by molar-refractivity contribution is -0.140. The van der Waals surface area contributed by atoms with Crippen LogP contribution in [0.4, 0.5) is 0 Å². The molecule has 0 bridgehead atoms. The number of Topliss-reactive ketones (excluding diaryl/α,β-unsaturated/α-hetero) is 1. The zero-order valence-corrected chi connectivity index (χ0v) is 81.3. The minimum absolute atomic E-state index is 0.0373. The lowest BCUT2D eigenvalue weighted by atomic mass is 9.97. The number of hydrogen-bond acceptors (Lipinski definition) is 26. The maximum absolute atomic E-state index is 13.1. The standard InChI is InChI=1S/C27H29N5O5.C27H28N4O5.C27H29N3O6.C26H28N4O5/c1-16-20-8-9-23(22(20)7-6-21(16)27(35)36)32(14-24(28)33)13-18-12-29-15-31-25(18)26(34)30-11-17-4-3-5-19(10-17)37-2;1-16-4-3-5-18(10-16)11-29-26(34)25-19(12-28-15-30-25)13-31(14-24(32)33)23-9-8-20-17(2)21(27(35)36)6-7-22(20)23;1-17-11-20(7-8-23(17)27(34)35)18(2)30(16-25(31)32)15-21-14-28-10-9-24(21)26(33)29-13-19-5-4-6-22(12-19)36-3;1-17-9-20(7-8-23(17)26(33)34)14-30(13-18(2)31)15-21-12-27-16-29-24(21)25(32)28-11-19-5-4-6-22(10-19)35-3/h3-7,10,12,15,23H,8-9,11,13-14H2,1-2H3,(H2,28,33)(H,30,34)(H,35,36);3-7,10,12,15,23H,8-9,11,13-14H2,1-2H3,(H,29,34)(H,32,33)(H,35,36);4-12,14,18H,13,15-16H2,1-3H3,(H,29,33)(H,31,32)(H,34,35);4-10,12,16H,11,13-15H2,1-3H3,(H,28,32)(H,33,34)/t;;18-;/m..0./s1. The monoisotopic (exact) mass is 1960 g/mol. The summed E-state index contributed by atoms with van der Waals surface area (Å²) in [6, 6.07) is 47.6. The number of aromatic carboxylic acids is 4. The topological polar surface area (TPSA) is 531 Å². The van der Waals surface area contributed by atoms with Gasteiger partial charge in [-0.2, -0.15) is 0 Å². The molecule has 0 radical (unpaired) electrons. The van der Waals surface area contributed by atoms with Gasteiger partial charge in [0.2, 0.25) is 5.91 Å². The van der Waals surface area contributed by atoms with Gasteiger partial charge in [-0.1, -0.05) is 103 Å². The quantitative estimate of drug-likeness (QED) is 0.0169. The van der Waals surface area contributed by atoms with E-state index < -0.39 is 41.7 Å². The van der Waals surface area contributed by atoms with Crippen molar-refractivity contribution in [1.82, 2.24) is 75.8 Å². The van der Waals surface area contributed by atoms with Crippen LogP contribution in [-0.2, 0) is 90.9 Å². The van der Waals surface area contributed by atoms with Crippen LogP contribution in [0.5, 0.6) is 17.2 Å². The van der Waals surface area contributed by atoms with Gasteiger partial charge in [-0.05, 0) is 224 Å². The number of ketones is 1. The molecule has 4 aromatic heterocycles. The molecule has 144 heavy (non-hydrogen) atoms. The van der Waals surface area contributed by atoms with E-state index in [9.17, 15) is 88.2 Å². The lowest BCUT2D eigenvalue weighted by Gasteiger charge is -2.29. The molecule has 3 atom stereocenters. The number of hydrogen-bond donors (Lipinski definition) is 11. The van der Waals surface area contributed by atoms with Crippen LogP contribution in [0.3, 0.4) is 0 Å². The molecule has 4 heterocycles. The summed E-state index contributed by atoms with van der Waals surface area (Å²) >= 11 is 0. The highest BCUT2D eigenvalue weighted by Gasteiger charge is 2.36. The molecule has 0 aliphatic heterocycles. The van der Waals surface area contributed by atoms with Crippen molar-refractivity contribution in [2.24, 2.45) is 5.73 Å². The highest BCUT2D eigenvalue weighted by atomic mass is 16.5. The normalized spacial score (nSPS) is 12.8. The number of nitrogens with zero attached hydrogens (tertiary/aromatic N) is 11. The number of nitrogens with one attached hydrogen (secondary N) is 4. The summed E-state index contributed by atoms with van der Waals surface area (Å²) in [5.41, 5.74) is 22.6. The molecular weight excluding hydrogens is 1850 g/mol. The van der Waals surface area contributed by atoms with Crippen molar-refractivity contribution >= 4 is 71.1 Å². The van der Waals surface area contributed by atoms with Gasteiger partial charge in [0.05, 0.1) is 69.8 Å². The fourth-order valence-electron chi connectivity index (χ4n) is 17.5. The summed E-state index contributed by atoms with van der Waals surface area (Å²) in [5.74, 6) is -5.82. The Morgan fingerprint density at radius 3 is 1.22 bits per heavy atom. The third kappa shape index (κ3) is 29.7. The average molecular weight is 1960 g/mol. The molecule has 5 amide bonds. The molecule has 2 aliphatic carbocycles. The smallest absolute Gasteiger partial charge is 0.335 e. The number of rotatable bonds is 41. The highest BCUT2D eigenvalue weighted by molar-refractivity contribution is 5.97. The number of carboxylic acids is 6. The van der Waals surface area contributed by atoms with Crippen molar-refractivity contribution < 1.29 is 102 Å². The van der Waals surface area contributed by atoms with Crippen LogP contribution >= 0.6 is 0 Å². The lowest BCUT2D eigenvalue weighted by Crippen LogP contribution is -2.36. The summed E-state index contributed by atoms with van der Waals surface area (Å²) in [4.78, 5) is 181. The summed E-state index contributed by atoms with van der Waals surface area (Å²) in [6.07, 6.45) is 14.3. The summed E-state index contributed by atoms with van der Waals surface area (Å²) in [5, 5.41) is 68.2. The van der Waals surface area contributed by atoms with Crippen molar-refractivity contribution in [3.8, 4) is 17.2 Å². The number of fused-ring (bicyclic) bond motifs is 2. The highest BCUT2D eigenvalue weighted by Crippen LogP contribution is 2.42. The first-order chi connectivity index (χ1) is 69.0. The van der Waals surface area contributed by atoms with E-state index in [2.05, 4.69) is 56.2 Å². The summed E-state index contributed by atoms with van der Waals surface area (Å²) < 4.78 is 15.7. The van der Waals surface area contributed by atoms with E-state index >= 15 is 0 Å². The van der Waals surface area contributed by atoms with E-state index in [-0.39, 0.29) is 146 Å². The predicted octanol–water partition coefficient (Wildman–Crippen LogP) is 12.4. The van der Waals surface area contributed by atoms with Gasteiger partial charge in [-0.15, -0.1) is 0 Å². The Kier molecular flexibility index (Phi) is 38.4. The number of ether oxygens (including phenoxy) is 3. The van der Waals surface area contributed by atoms with Gasteiger partial charge in [-0.25, -0.2) is 49.1 Å². The molecular formula is C107H114N16O21. The molecule has 748 valence electrons. The summed E-state index contributed by atoms with van der Waals surface area (Å²) in [7, 11) is 4.74. The number of methoxy groups -OCH3 is 3. The van der Waals surface area contributed by atoms with E-state index in [1.165, 1.54) is 44.4 Å². The zero-order chi connectivity index (χ0) is 104. The largest absolute Gasteiger partial charge is 0.497 e. The minimum atomic E-state index is -1.02. The Morgan fingerprint density at radius 1 is 0.403 bits per heavy atom. The maximum Gasteiger partial charge on any atom is 0.335 e. The van der Waals surface area contributed by atoms with Crippen molar-refractivity contribution in [1.29, 1.82) is 0 Å². The average Bonchev–Trinajstić information content (AvgIpc) is 1.62. The van der Waals surface area contributed by atoms with E-state index in [0.29, 0.717) is 114 Å². The van der Waals surface area contributed by atoms with Gasteiger partial charge in [0.15, 0.2) is 0 Å². The zero-order valence-electron chi connectivity index (χ0n) is 81.3. The molecule has 14 rings (SSSR count). The van der Waals surface area contributed by atoms with Gasteiger partial charge >= 0.3 is 35.8 Å². The number of pyridine rings is 1. The second-order valence-corrected chi connectivity index (χ2v) is 34.7. The molecule has 0 saturated carbocycles. The van der Waals surface area contributed by atoms with Crippen LogP contribution in [0.2, 0.25) is 0 Å².